The van der Waals surface area contributed by atoms with E-state index in [2.05, 4.69) is 24.4 Å². The van der Waals surface area contributed by atoms with Crippen LogP contribution in [0.2, 0.25) is 0 Å². The fourth-order valence-electron chi connectivity index (χ4n) is 4.24. The van der Waals surface area contributed by atoms with E-state index >= 15 is 0 Å². The van der Waals surface area contributed by atoms with Gasteiger partial charge in [0.05, 0.1) is 14.2 Å². The van der Waals surface area contributed by atoms with Gasteiger partial charge in [0, 0.05) is 6.04 Å². The van der Waals surface area contributed by atoms with E-state index in [4.69, 9.17) is 9.47 Å². The van der Waals surface area contributed by atoms with Gasteiger partial charge < -0.3 is 14.8 Å². The second-order valence-corrected chi connectivity index (χ2v) is 7.99. The number of fused-ring (bicyclic) bond motifs is 1. The quantitative estimate of drug-likeness (QED) is 0.372. The number of hydrogen-bond donors (Lipinski definition) is 1. The molecule has 1 N–H and O–H groups in total. The van der Waals surface area contributed by atoms with Crippen LogP contribution in [0.3, 0.4) is 0 Å². The van der Waals surface area contributed by atoms with Crippen molar-refractivity contribution >= 4 is 0 Å². The summed E-state index contributed by atoms with van der Waals surface area (Å²) < 4.78 is 11.0. The Balaban J connectivity index is 1.65. The lowest BCUT2D eigenvalue weighted by Crippen LogP contribution is -2.29. The molecule has 0 bridgehead atoms. The zero-order valence-corrected chi connectivity index (χ0v) is 17.9. The van der Waals surface area contributed by atoms with Gasteiger partial charge in [-0.15, -0.1) is 0 Å². The van der Waals surface area contributed by atoms with Crippen LogP contribution in [0, 0.1) is 0 Å². The van der Waals surface area contributed by atoms with Crippen LogP contribution < -0.4 is 14.8 Å². The first-order valence-corrected chi connectivity index (χ1v) is 11.3. The van der Waals surface area contributed by atoms with E-state index in [9.17, 15) is 0 Å². The molecule has 1 aromatic carbocycles. The fourth-order valence-corrected chi connectivity index (χ4v) is 4.24. The van der Waals surface area contributed by atoms with Crippen LogP contribution >= 0.6 is 0 Å². The summed E-state index contributed by atoms with van der Waals surface area (Å²) in [5, 5.41) is 3.70. The van der Waals surface area contributed by atoms with Crippen LogP contribution in [0.4, 0.5) is 0 Å². The number of unbranched alkanes of at least 4 members (excludes halogenated alkanes) is 10. The summed E-state index contributed by atoms with van der Waals surface area (Å²) in [7, 11) is 3.44. The third kappa shape index (κ3) is 7.37. The van der Waals surface area contributed by atoms with Crippen LogP contribution in [-0.4, -0.2) is 20.8 Å². The summed E-state index contributed by atoms with van der Waals surface area (Å²) in [5.41, 5.74) is 2.82. The zero-order chi connectivity index (χ0) is 19.3. The topological polar surface area (TPSA) is 30.5 Å². The van der Waals surface area contributed by atoms with E-state index in [0.29, 0.717) is 6.04 Å². The van der Waals surface area contributed by atoms with E-state index in [1.54, 1.807) is 14.2 Å². The van der Waals surface area contributed by atoms with Crippen LogP contribution in [0.1, 0.15) is 101 Å². The van der Waals surface area contributed by atoms with Crippen LogP contribution in [0.5, 0.6) is 11.5 Å². The van der Waals surface area contributed by atoms with Crippen molar-refractivity contribution in [2.24, 2.45) is 0 Å². The molecule has 0 saturated carbocycles. The van der Waals surface area contributed by atoms with Gasteiger partial charge in [0.1, 0.15) is 0 Å². The second kappa shape index (κ2) is 13.0. The lowest BCUT2D eigenvalue weighted by atomic mass is 9.90. The molecule has 0 fully saturated rings. The van der Waals surface area contributed by atoms with Gasteiger partial charge in [0.15, 0.2) is 11.5 Å². The normalized spacial score (nSPS) is 16.2. The SMILES string of the molecule is CCCCCCCCCCCCCC1NCCc2cc(OC)c(OC)cc21. The van der Waals surface area contributed by atoms with Gasteiger partial charge in [-0.2, -0.15) is 0 Å². The minimum atomic E-state index is 0.465. The third-order valence-corrected chi connectivity index (χ3v) is 5.90. The number of rotatable bonds is 14. The highest BCUT2D eigenvalue weighted by Gasteiger charge is 2.22. The smallest absolute Gasteiger partial charge is 0.161 e. The molecule has 1 aliphatic heterocycles. The molecule has 1 aliphatic rings. The van der Waals surface area contributed by atoms with E-state index in [0.717, 1.165) is 24.5 Å². The molecule has 3 heteroatoms. The molecule has 1 atom stereocenters. The summed E-state index contributed by atoms with van der Waals surface area (Å²) in [6.07, 6.45) is 17.7. The first-order chi connectivity index (χ1) is 13.3. The standard InChI is InChI=1S/C24H41NO2/c1-4-5-6-7-8-9-10-11-12-13-14-15-22-21-19-24(27-3)23(26-2)18-20(21)16-17-25-22/h18-19,22,25H,4-17H2,1-3H3. The molecular weight excluding hydrogens is 334 g/mol. The molecule has 1 unspecified atom stereocenters. The molecule has 3 nitrogen and oxygen atoms in total. The Labute approximate surface area is 167 Å². The Bertz CT molecular complexity index is 529. The number of methoxy groups -OCH3 is 2. The average Bonchev–Trinajstić information content (AvgIpc) is 2.71. The van der Waals surface area contributed by atoms with Gasteiger partial charge in [0.2, 0.25) is 0 Å². The Hall–Kier alpha value is -1.22. The van der Waals surface area contributed by atoms with Crippen molar-refractivity contribution in [2.75, 3.05) is 20.8 Å². The summed E-state index contributed by atoms with van der Waals surface area (Å²) in [6.45, 7) is 3.35. The molecule has 0 amide bonds. The van der Waals surface area contributed by atoms with Gasteiger partial charge in [-0.3, -0.25) is 0 Å². The van der Waals surface area contributed by atoms with Crippen molar-refractivity contribution in [1.29, 1.82) is 0 Å². The van der Waals surface area contributed by atoms with Crippen molar-refractivity contribution in [3.63, 3.8) is 0 Å². The molecule has 1 heterocycles. The minimum absolute atomic E-state index is 0.465. The van der Waals surface area contributed by atoms with Gasteiger partial charge in [0.25, 0.3) is 0 Å². The van der Waals surface area contributed by atoms with Crippen molar-refractivity contribution in [3.05, 3.63) is 23.3 Å². The highest BCUT2D eigenvalue weighted by Crippen LogP contribution is 2.36. The predicted octanol–water partition coefficient (Wildman–Crippen LogP) is 6.59. The molecule has 0 radical (unpaired) electrons. The average molecular weight is 376 g/mol. The Morgan fingerprint density at radius 2 is 1.37 bits per heavy atom. The largest absolute Gasteiger partial charge is 0.493 e. The number of ether oxygens (including phenoxy) is 2. The lowest BCUT2D eigenvalue weighted by molar-refractivity contribution is 0.351. The number of benzene rings is 1. The minimum Gasteiger partial charge on any atom is -0.493 e. The summed E-state index contributed by atoms with van der Waals surface area (Å²) in [4.78, 5) is 0. The maximum Gasteiger partial charge on any atom is 0.161 e. The Kier molecular flexibility index (Phi) is 10.7. The van der Waals surface area contributed by atoms with E-state index in [1.807, 2.05) is 0 Å². The highest BCUT2D eigenvalue weighted by atomic mass is 16.5. The molecule has 0 aliphatic carbocycles. The number of nitrogens with one attached hydrogen (secondary N) is 1. The number of hydrogen-bond acceptors (Lipinski definition) is 3. The molecule has 2 rings (SSSR count). The van der Waals surface area contributed by atoms with Crippen molar-refractivity contribution in [3.8, 4) is 11.5 Å². The Morgan fingerprint density at radius 1 is 0.815 bits per heavy atom. The second-order valence-electron chi connectivity index (χ2n) is 7.99. The van der Waals surface area contributed by atoms with Crippen molar-refractivity contribution in [1.82, 2.24) is 5.32 Å². The molecular formula is C24H41NO2. The van der Waals surface area contributed by atoms with Crippen LogP contribution in [-0.2, 0) is 6.42 Å². The highest BCUT2D eigenvalue weighted by molar-refractivity contribution is 5.49. The molecule has 0 aromatic heterocycles. The van der Waals surface area contributed by atoms with E-state index < -0.39 is 0 Å². The Morgan fingerprint density at radius 3 is 1.96 bits per heavy atom. The maximum absolute atomic E-state index is 5.51. The van der Waals surface area contributed by atoms with Crippen LogP contribution in [0.25, 0.3) is 0 Å². The van der Waals surface area contributed by atoms with Gasteiger partial charge in [-0.05, 0) is 42.6 Å². The molecule has 0 spiro atoms. The maximum atomic E-state index is 5.51. The predicted molar refractivity (Wildman–Crippen MR) is 115 cm³/mol. The zero-order valence-electron chi connectivity index (χ0n) is 17.9. The lowest BCUT2D eigenvalue weighted by Gasteiger charge is -2.28. The summed E-state index contributed by atoms with van der Waals surface area (Å²) in [5.74, 6) is 1.70. The molecule has 27 heavy (non-hydrogen) atoms. The molecule has 1 aromatic rings. The molecule has 154 valence electrons. The van der Waals surface area contributed by atoms with Crippen LogP contribution in [0.15, 0.2) is 12.1 Å². The monoisotopic (exact) mass is 375 g/mol. The summed E-state index contributed by atoms with van der Waals surface area (Å²) in [6, 6.07) is 4.82. The third-order valence-electron chi connectivity index (χ3n) is 5.90. The summed E-state index contributed by atoms with van der Waals surface area (Å²) >= 11 is 0. The van der Waals surface area contributed by atoms with E-state index in [-0.39, 0.29) is 0 Å². The first kappa shape index (κ1) is 22.1. The van der Waals surface area contributed by atoms with Crippen molar-refractivity contribution in [2.45, 2.75) is 96.4 Å². The van der Waals surface area contributed by atoms with Crippen molar-refractivity contribution < 1.29 is 9.47 Å². The fraction of sp³-hybridized carbons (Fsp3) is 0.750. The van der Waals surface area contributed by atoms with Gasteiger partial charge in [-0.25, -0.2) is 0 Å². The molecule has 0 saturated heterocycles. The first-order valence-electron chi connectivity index (χ1n) is 11.3. The van der Waals surface area contributed by atoms with E-state index in [1.165, 1.54) is 88.2 Å². The van der Waals surface area contributed by atoms with Gasteiger partial charge in [-0.1, -0.05) is 77.6 Å². The van der Waals surface area contributed by atoms with Gasteiger partial charge >= 0.3 is 0 Å².